The van der Waals surface area contributed by atoms with Crippen LogP contribution in [0.2, 0.25) is 0 Å². The minimum atomic E-state index is -0.191. The number of benzene rings is 1. The molecule has 0 radical (unpaired) electrons. The van der Waals surface area contributed by atoms with Crippen molar-refractivity contribution < 1.29 is 9.53 Å². The van der Waals surface area contributed by atoms with E-state index in [0.29, 0.717) is 18.2 Å². The van der Waals surface area contributed by atoms with Crippen LogP contribution in [0.4, 0.5) is 0 Å². The van der Waals surface area contributed by atoms with Crippen molar-refractivity contribution in [3.05, 3.63) is 42.2 Å². The first-order chi connectivity index (χ1) is 10.7. The predicted octanol–water partition coefficient (Wildman–Crippen LogP) is 1.77. The van der Waals surface area contributed by atoms with E-state index in [1.807, 2.05) is 24.3 Å². The van der Waals surface area contributed by atoms with Gasteiger partial charge in [-0.2, -0.15) is 5.10 Å². The molecule has 1 unspecified atom stereocenters. The highest BCUT2D eigenvalue weighted by atomic mass is 35.5. The Bertz CT molecular complexity index is 652. The van der Waals surface area contributed by atoms with Crippen molar-refractivity contribution >= 4 is 18.3 Å². The average molecular weight is 337 g/mol. The van der Waals surface area contributed by atoms with Crippen molar-refractivity contribution in [2.24, 2.45) is 11.7 Å². The average Bonchev–Trinajstić information content (AvgIpc) is 3.29. The van der Waals surface area contributed by atoms with Crippen LogP contribution in [-0.4, -0.2) is 35.4 Å². The minimum Gasteiger partial charge on any atom is -0.497 e. The highest BCUT2D eigenvalue weighted by Gasteiger charge is 2.28. The standard InChI is InChI=1S/C16H20N4O2.ClH/c1-22-13-6-4-12(5-7-13)20-9-8-15(19-20)16(21)18-10-14(17)11-2-3-11;/h4-9,11,14H,2-3,10,17H2,1H3,(H,18,21);1H. The van der Waals surface area contributed by atoms with Gasteiger partial charge < -0.3 is 15.8 Å². The number of halogens is 1. The maximum absolute atomic E-state index is 12.1. The third-order valence-corrected chi connectivity index (χ3v) is 3.88. The van der Waals surface area contributed by atoms with Gasteiger partial charge in [0.2, 0.25) is 0 Å². The van der Waals surface area contributed by atoms with Gasteiger partial charge in [-0.25, -0.2) is 4.68 Å². The van der Waals surface area contributed by atoms with Crippen LogP contribution in [0.5, 0.6) is 5.75 Å². The summed E-state index contributed by atoms with van der Waals surface area (Å²) in [5.41, 5.74) is 7.23. The molecule has 124 valence electrons. The number of nitrogens with two attached hydrogens (primary N) is 1. The molecule has 1 saturated carbocycles. The third-order valence-electron chi connectivity index (χ3n) is 3.88. The zero-order chi connectivity index (χ0) is 15.5. The molecule has 1 amide bonds. The largest absolute Gasteiger partial charge is 0.497 e. The Balaban J connectivity index is 0.00000192. The van der Waals surface area contributed by atoms with Crippen LogP contribution >= 0.6 is 12.4 Å². The van der Waals surface area contributed by atoms with Crippen LogP contribution in [0.3, 0.4) is 0 Å². The molecule has 1 heterocycles. The van der Waals surface area contributed by atoms with Gasteiger partial charge in [0, 0.05) is 18.8 Å². The summed E-state index contributed by atoms with van der Waals surface area (Å²) in [4.78, 5) is 12.1. The molecule has 2 aromatic rings. The number of hydrogen-bond donors (Lipinski definition) is 2. The highest BCUT2D eigenvalue weighted by molar-refractivity contribution is 5.92. The Morgan fingerprint density at radius 1 is 1.39 bits per heavy atom. The van der Waals surface area contributed by atoms with Gasteiger partial charge in [-0.05, 0) is 49.1 Å². The van der Waals surface area contributed by atoms with E-state index in [0.717, 1.165) is 11.4 Å². The first-order valence-corrected chi connectivity index (χ1v) is 7.41. The maximum atomic E-state index is 12.1. The number of methoxy groups -OCH3 is 1. The summed E-state index contributed by atoms with van der Waals surface area (Å²) in [6.07, 6.45) is 4.10. The van der Waals surface area contributed by atoms with E-state index in [1.165, 1.54) is 12.8 Å². The molecular weight excluding hydrogens is 316 g/mol. The van der Waals surface area contributed by atoms with Crippen LogP contribution in [0, 0.1) is 5.92 Å². The van der Waals surface area contributed by atoms with Gasteiger partial charge in [-0.3, -0.25) is 4.79 Å². The van der Waals surface area contributed by atoms with Crippen molar-refractivity contribution in [2.45, 2.75) is 18.9 Å². The summed E-state index contributed by atoms with van der Waals surface area (Å²) in [6, 6.07) is 9.22. The Hall–Kier alpha value is -2.05. The predicted molar refractivity (Wildman–Crippen MR) is 90.4 cm³/mol. The molecular formula is C16H21ClN4O2. The normalized spacial score (nSPS) is 14.7. The fourth-order valence-corrected chi connectivity index (χ4v) is 2.32. The molecule has 3 rings (SSSR count). The molecule has 1 aliphatic rings. The van der Waals surface area contributed by atoms with E-state index < -0.39 is 0 Å². The second kappa shape index (κ2) is 7.48. The second-order valence-corrected chi connectivity index (χ2v) is 5.55. The molecule has 1 aromatic carbocycles. The van der Waals surface area contributed by atoms with Gasteiger partial charge in [0.15, 0.2) is 5.69 Å². The number of ether oxygens (including phenoxy) is 1. The summed E-state index contributed by atoms with van der Waals surface area (Å²) < 4.78 is 6.78. The van der Waals surface area contributed by atoms with Crippen LogP contribution in [0.1, 0.15) is 23.3 Å². The molecule has 1 aliphatic carbocycles. The van der Waals surface area contributed by atoms with Gasteiger partial charge >= 0.3 is 0 Å². The maximum Gasteiger partial charge on any atom is 0.271 e. The lowest BCUT2D eigenvalue weighted by Gasteiger charge is -2.10. The van der Waals surface area contributed by atoms with Gasteiger partial charge in [-0.1, -0.05) is 0 Å². The Labute approximate surface area is 141 Å². The summed E-state index contributed by atoms with van der Waals surface area (Å²) in [7, 11) is 1.62. The third kappa shape index (κ3) is 4.24. The molecule has 0 spiro atoms. The van der Waals surface area contributed by atoms with Crippen molar-refractivity contribution in [1.29, 1.82) is 0 Å². The lowest BCUT2D eigenvalue weighted by Crippen LogP contribution is -2.38. The van der Waals surface area contributed by atoms with Gasteiger partial charge in [0.1, 0.15) is 5.75 Å². The number of hydrogen-bond acceptors (Lipinski definition) is 4. The zero-order valence-corrected chi connectivity index (χ0v) is 13.8. The van der Waals surface area contributed by atoms with Crippen molar-refractivity contribution in [2.75, 3.05) is 13.7 Å². The molecule has 7 heteroatoms. The van der Waals surface area contributed by atoms with Gasteiger partial charge in [0.05, 0.1) is 12.8 Å². The summed E-state index contributed by atoms with van der Waals surface area (Å²) in [5, 5.41) is 7.14. The van der Waals surface area contributed by atoms with Crippen LogP contribution < -0.4 is 15.8 Å². The number of carbonyl (C=O) groups excluding carboxylic acids is 1. The summed E-state index contributed by atoms with van der Waals surface area (Å²) >= 11 is 0. The lowest BCUT2D eigenvalue weighted by atomic mass is 10.2. The zero-order valence-electron chi connectivity index (χ0n) is 12.9. The molecule has 0 bridgehead atoms. The number of aromatic nitrogens is 2. The number of amides is 1. The first-order valence-electron chi connectivity index (χ1n) is 7.41. The molecule has 1 atom stereocenters. The first kappa shape index (κ1) is 17.3. The number of nitrogens with zero attached hydrogens (tertiary/aromatic N) is 2. The monoisotopic (exact) mass is 336 g/mol. The number of rotatable bonds is 6. The van der Waals surface area contributed by atoms with E-state index in [4.69, 9.17) is 10.5 Å². The smallest absolute Gasteiger partial charge is 0.271 e. The second-order valence-electron chi connectivity index (χ2n) is 5.55. The van der Waals surface area contributed by atoms with Gasteiger partial charge in [-0.15, -0.1) is 12.4 Å². The fraction of sp³-hybridized carbons (Fsp3) is 0.375. The Kier molecular flexibility index (Phi) is 5.63. The van der Waals surface area contributed by atoms with Crippen molar-refractivity contribution in [3.63, 3.8) is 0 Å². The van der Waals surface area contributed by atoms with E-state index in [9.17, 15) is 4.79 Å². The van der Waals surface area contributed by atoms with Crippen molar-refractivity contribution in [1.82, 2.24) is 15.1 Å². The van der Waals surface area contributed by atoms with E-state index in [-0.39, 0.29) is 24.4 Å². The summed E-state index contributed by atoms with van der Waals surface area (Å²) in [5.74, 6) is 1.16. The molecule has 1 fully saturated rings. The van der Waals surface area contributed by atoms with Crippen molar-refractivity contribution in [3.8, 4) is 11.4 Å². The minimum absolute atomic E-state index is 0. The van der Waals surface area contributed by atoms with E-state index in [1.54, 1.807) is 24.1 Å². The molecule has 6 nitrogen and oxygen atoms in total. The van der Waals surface area contributed by atoms with E-state index in [2.05, 4.69) is 10.4 Å². The number of carbonyl (C=O) groups is 1. The quantitative estimate of drug-likeness (QED) is 0.842. The Morgan fingerprint density at radius 3 is 2.70 bits per heavy atom. The highest BCUT2D eigenvalue weighted by Crippen LogP contribution is 2.31. The topological polar surface area (TPSA) is 82.2 Å². The molecule has 23 heavy (non-hydrogen) atoms. The Morgan fingerprint density at radius 2 is 2.09 bits per heavy atom. The lowest BCUT2D eigenvalue weighted by molar-refractivity contribution is 0.0945. The van der Waals surface area contributed by atoms with Crippen LogP contribution in [-0.2, 0) is 0 Å². The molecule has 1 aromatic heterocycles. The van der Waals surface area contributed by atoms with Gasteiger partial charge in [0.25, 0.3) is 5.91 Å². The molecule has 0 saturated heterocycles. The van der Waals surface area contributed by atoms with Crippen LogP contribution in [0.25, 0.3) is 5.69 Å². The molecule has 0 aliphatic heterocycles. The SMILES string of the molecule is COc1ccc(-n2ccc(C(=O)NCC(N)C3CC3)n2)cc1.Cl. The fourth-order valence-electron chi connectivity index (χ4n) is 2.32. The number of nitrogens with one attached hydrogen (secondary N) is 1. The summed E-state index contributed by atoms with van der Waals surface area (Å²) in [6.45, 7) is 0.499. The molecule has 3 N–H and O–H groups in total. The van der Waals surface area contributed by atoms with Crippen LogP contribution in [0.15, 0.2) is 36.5 Å². The van der Waals surface area contributed by atoms with E-state index >= 15 is 0 Å².